The molecule has 68 valence electrons. The first-order chi connectivity index (χ1) is 5.47. The highest BCUT2D eigenvalue weighted by Gasteiger charge is 2.07. The van der Waals surface area contributed by atoms with Gasteiger partial charge in [0.05, 0.1) is 11.9 Å². The van der Waals surface area contributed by atoms with Crippen LogP contribution < -0.4 is 0 Å². The second-order valence-corrected chi connectivity index (χ2v) is 4.00. The van der Waals surface area contributed by atoms with Crippen LogP contribution in [0.25, 0.3) is 0 Å². The summed E-state index contributed by atoms with van der Waals surface area (Å²) in [6.45, 7) is 0. The van der Waals surface area contributed by atoms with Gasteiger partial charge in [0.15, 0.2) is 0 Å². The number of hydrogen-bond acceptors (Lipinski definition) is 3. The van der Waals surface area contributed by atoms with E-state index in [1.807, 2.05) is 0 Å². The van der Waals surface area contributed by atoms with Crippen LogP contribution in [0.15, 0.2) is 12.4 Å². The molecule has 0 saturated carbocycles. The van der Waals surface area contributed by atoms with E-state index in [0.29, 0.717) is 0 Å². The minimum atomic E-state index is -4.35. The standard InChI is InChI=1S/C6H9FN2O2S/c1-9-5-6(4-8-9)2-3-12(7,10)11/h4-5H,2-3H2,1H3. The third kappa shape index (κ3) is 3.00. The minimum absolute atomic E-state index is 0.173. The van der Waals surface area contributed by atoms with Gasteiger partial charge in [-0.15, -0.1) is 3.89 Å². The van der Waals surface area contributed by atoms with E-state index in [9.17, 15) is 12.3 Å². The van der Waals surface area contributed by atoms with E-state index in [2.05, 4.69) is 5.10 Å². The Labute approximate surface area is 70.2 Å². The van der Waals surface area contributed by atoms with E-state index in [1.165, 1.54) is 6.20 Å². The maximum absolute atomic E-state index is 12.0. The summed E-state index contributed by atoms with van der Waals surface area (Å²) >= 11 is 0. The van der Waals surface area contributed by atoms with Crippen molar-refractivity contribution in [2.45, 2.75) is 6.42 Å². The van der Waals surface area contributed by atoms with Gasteiger partial charge in [0, 0.05) is 13.2 Å². The summed E-state index contributed by atoms with van der Waals surface area (Å²) in [6.07, 6.45) is 3.35. The number of halogens is 1. The predicted molar refractivity (Wildman–Crippen MR) is 41.8 cm³/mol. The Morgan fingerprint density at radius 2 is 2.33 bits per heavy atom. The van der Waals surface area contributed by atoms with Crippen LogP contribution >= 0.6 is 0 Å². The molecule has 0 unspecified atom stereocenters. The van der Waals surface area contributed by atoms with E-state index in [-0.39, 0.29) is 6.42 Å². The summed E-state index contributed by atoms with van der Waals surface area (Å²) in [5, 5.41) is 3.82. The van der Waals surface area contributed by atoms with Crippen LogP contribution in [0.3, 0.4) is 0 Å². The Bertz CT molecular complexity index is 357. The Balaban J connectivity index is 2.55. The van der Waals surface area contributed by atoms with Crippen LogP contribution in [0.4, 0.5) is 3.89 Å². The molecule has 1 heterocycles. The summed E-state index contributed by atoms with van der Waals surface area (Å²) in [7, 11) is -2.63. The molecule has 6 heteroatoms. The van der Waals surface area contributed by atoms with E-state index in [0.717, 1.165) is 5.56 Å². The largest absolute Gasteiger partial charge is 0.302 e. The fourth-order valence-corrected chi connectivity index (χ4v) is 1.32. The Morgan fingerprint density at radius 1 is 1.67 bits per heavy atom. The van der Waals surface area contributed by atoms with Crippen molar-refractivity contribution in [2.24, 2.45) is 7.05 Å². The summed E-state index contributed by atoms with van der Waals surface area (Å²) in [4.78, 5) is 0. The molecule has 0 aliphatic carbocycles. The van der Waals surface area contributed by atoms with Gasteiger partial charge in [-0.05, 0) is 12.0 Å². The van der Waals surface area contributed by atoms with Crippen LogP contribution in [0.5, 0.6) is 0 Å². The highest BCUT2D eigenvalue weighted by atomic mass is 32.3. The van der Waals surface area contributed by atoms with Crippen molar-refractivity contribution >= 4 is 10.2 Å². The van der Waals surface area contributed by atoms with Gasteiger partial charge >= 0.3 is 10.2 Å². The lowest BCUT2D eigenvalue weighted by Crippen LogP contribution is -2.01. The second kappa shape index (κ2) is 3.22. The molecule has 0 amide bonds. The predicted octanol–water partition coefficient (Wildman–Crippen LogP) is 0.262. The summed E-state index contributed by atoms with van der Waals surface area (Å²) in [5.74, 6) is -0.474. The summed E-state index contributed by atoms with van der Waals surface area (Å²) < 4.78 is 33.8. The molecular formula is C6H9FN2O2S. The Morgan fingerprint density at radius 3 is 2.75 bits per heavy atom. The third-order valence-electron chi connectivity index (χ3n) is 1.39. The van der Waals surface area contributed by atoms with E-state index >= 15 is 0 Å². The SMILES string of the molecule is Cn1cc(CCS(=O)(=O)F)cn1. The maximum atomic E-state index is 12.0. The molecule has 0 atom stereocenters. The molecule has 0 aliphatic rings. The van der Waals surface area contributed by atoms with Gasteiger partial charge in [-0.1, -0.05) is 0 Å². The first-order valence-corrected chi connectivity index (χ1v) is 4.92. The fraction of sp³-hybridized carbons (Fsp3) is 0.500. The third-order valence-corrected chi connectivity index (χ3v) is 2.08. The molecule has 0 fully saturated rings. The quantitative estimate of drug-likeness (QED) is 0.645. The molecule has 0 N–H and O–H groups in total. The number of nitrogens with zero attached hydrogens (tertiary/aromatic N) is 2. The highest BCUT2D eigenvalue weighted by molar-refractivity contribution is 7.86. The number of aromatic nitrogens is 2. The van der Waals surface area contributed by atoms with Crippen molar-refractivity contribution in [3.05, 3.63) is 18.0 Å². The second-order valence-electron chi connectivity index (χ2n) is 2.52. The van der Waals surface area contributed by atoms with Crippen LogP contribution in [0.2, 0.25) is 0 Å². The normalized spacial score (nSPS) is 11.8. The smallest absolute Gasteiger partial charge is 0.276 e. The molecule has 0 radical (unpaired) electrons. The van der Waals surface area contributed by atoms with Gasteiger partial charge in [0.1, 0.15) is 0 Å². The molecular weight excluding hydrogens is 183 g/mol. The topological polar surface area (TPSA) is 52.0 Å². The lowest BCUT2D eigenvalue weighted by Gasteiger charge is -1.90. The van der Waals surface area contributed by atoms with E-state index < -0.39 is 16.0 Å². The molecule has 1 rings (SSSR count). The van der Waals surface area contributed by atoms with Gasteiger partial charge in [-0.25, -0.2) is 0 Å². The number of aryl methyl sites for hydroxylation is 2. The van der Waals surface area contributed by atoms with Gasteiger partial charge < -0.3 is 0 Å². The molecule has 0 aromatic carbocycles. The molecule has 1 aromatic rings. The van der Waals surface area contributed by atoms with Crippen LogP contribution in [0.1, 0.15) is 5.56 Å². The lowest BCUT2D eigenvalue weighted by atomic mass is 10.3. The number of rotatable bonds is 3. The summed E-state index contributed by atoms with van der Waals surface area (Å²) in [5.41, 5.74) is 0.721. The first kappa shape index (κ1) is 9.18. The Kier molecular flexibility index (Phi) is 2.46. The van der Waals surface area contributed by atoms with Crippen LogP contribution in [0, 0.1) is 0 Å². The molecule has 0 saturated heterocycles. The maximum Gasteiger partial charge on any atom is 0.302 e. The van der Waals surface area contributed by atoms with Crippen LogP contribution in [-0.2, 0) is 23.7 Å². The number of hydrogen-bond donors (Lipinski definition) is 0. The molecule has 0 aliphatic heterocycles. The highest BCUT2D eigenvalue weighted by Crippen LogP contribution is 2.01. The van der Waals surface area contributed by atoms with Gasteiger partial charge in [-0.3, -0.25) is 4.68 Å². The van der Waals surface area contributed by atoms with Crippen molar-refractivity contribution in [1.82, 2.24) is 9.78 Å². The molecule has 0 spiro atoms. The monoisotopic (exact) mass is 192 g/mol. The van der Waals surface area contributed by atoms with Gasteiger partial charge in [0.25, 0.3) is 0 Å². The zero-order valence-corrected chi connectivity index (χ0v) is 7.38. The average Bonchev–Trinajstić information content (AvgIpc) is 2.30. The van der Waals surface area contributed by atoms with E-state index in [4.69, 9.17) is 0 Å². The lowest BCUT2D eigenvalue weighted by molar-refractivity contribution is 0.551. The van der Waals surface area contributed by atoms with Crippen molar-refractivity contribution in [3.63, 3.8) is 0 Å². The Hall–Kier alpha value is -0.910. The van der Waals surface area contributed by atoms with E-state index in [1.54, 1.807) is 17.9 Å². The van der Waals surface area contributed by atoms with Gasteiger partial charge in [-0.2, -0.15) is 13.5 Å². The first-order valence-electron chi connectivity index (χ1n) is 3.37. The molecule has 4 nitrogen and oxygen atoms in total. The summed E-state index contributed by atoms with van der Waals surface area (Å²) in [6, 6.07) is 0. The van der Waals surface area contributed by atoms with Crippen molar-refractivity contribution in [2.75, 3.05) is 5.75 Å². The fourth-order valence-electron chi connectivity index (χ4n) is 0.841. The van der Waals surface area contributed by atoms with Crippen molar-refractivity contribution < 1.29 is 12.3 Å². The van der Waals surface area contributed by atoms with Gasteiger partial charge in [0.2, 0.25) is 0 Å². The molecule has 0 bridgehead atoms. The molecule has 1 aromatic heterocycles. The molecule has 12 heavy (non-hydrogen) atoms. The van der Waals surface area contributed by atoms with Crippen molar-refractivity contribution in [1.29, 1.82) is 0 Å². The zero-order chi connectivity index (χ0) is 9.19. The average molecular weight is 192 g/mol. The van der Waals surface area contributed by atoms with Crippen LogP contribution in [-0.4, -0.2) is 24.0 Å². The minimum Gasteiger partial charge on any atom is -0.276 e. The zero-order valence-electron chi connectivity index (χ0n) is 6.57. The van der Waals surface area contributed by atoms with Crippen molar-refractivity contribution in [3.8, 4) is 0 Å².